The Morgan fingerprint density at radius 1 is 0.971 bits per heavy atom. The standard InChI is InChI=1S/C26H25N3O6/c1-15(30)27-16-3-4-17-20(11-16)26(32)29(6-2-5-28-7-9-33-10-8-28)24-18-12-21-22(35-14-34-21)13-19(18)25(31)23(17)24/h3-4,11-13H,2,5-10,14H2,1H3,(H,27,30). The summed E-state index contributed by atoms with van der Waals surface area (Å²) in [7, 11) is 0. The van der Waals surface area contributed by atoms with Gasteiger partial charge < -0.3 is 24.1 Å². The first-order valence-corrected chi connectivity index (χ1v) is 11.8. The van der Waals surface area contributed by atoms with Gasteiger partial charge in [-0.25, -0.2) is 0 Å². The highest BCUT2D eigenvalue weighted by molar-refractivity contribution is 6.27. The van der Waals surface area contributed by atoms with Gasteiger partial charge in [0, 0.05) is 55.3 Å². The summed E-state index contributed by atoms with van der Waals surface area (Å²) in [5, 5.41) is 3.71. The minimum absolute atomic E-state index is 0.106. The van der Waals surface area contributed by atoms with Crippen molar-refractivity contribution in [3.05, 3.63) is 51.8 Å². The van der Waals surface area contributed by atoms with Crippen LogP contribution in [0.2, 0.25) is 0 Å². The predicted molar refractivity (Wildman–Crippen MR) is 129 cm³/mol. The second-order valence-electron chi connectivity index (χ2n) is 9.01. The predicted octanol–water partition coefficient (Wildman–Crippen LogP) is 2.62. The minimum atomic E-state index is -0.227. The first-order valence-electron chi connectivity index (χ1n) is 11.8. The lowest BCUT2D eigenvalue weighted by Crippen LogP contribution is -2.37. The van der Waals surface area contributed by atoms with E-state index in [4.69, 9.17) is 14.2 Å². The highest BCUT2D eigenvalue weighted by Gasteiger charge is 2.35. The van der Waals surface area contributed by atoms with Crippen molar-refractivity contribution >= 4 is 28.2 Å². The number of pyridine rings is 1. The van der Waals surface area contributed by atoms with Crippen LogP contribution in [-0.4, -0.2) is 60.8 Å². The van der Waals surface area contributed by atoms with E-state index >= 15 is 0 Å². The molecular formula is C26H25N3O6. The summed E-state index contributed by atoms with van der Waals surface area (Å²) in [6.45, 7) is 5.98. The molecule has 9 heteroatoms. The zero-order valence-electron chi connectivity index (χ0n) is 19.4. The third-order valence-electron chi connectivity index (χ3n) is 6.79. The van der Waals surface area contributed by atoms with Crippen LogP contribution in [0.5, 0.6) is 11.5 Å². The van der Waals surface area contributed by atoms with Gasteiger partial charge in [0.15, 0.2) is 17.3 Å². The van der Waals surface area contributed by atoms with Gasteiger partial charge in [-0.3, -0.25) is 19.3 Å². The molecule has 0 radical (unpaired) electrons. The van der Waals surface area contributed by atoms with Crippen molar-refractivity contribution in [1.82, 2.24) is 9.47 Å². The van der Waals surface area contributed by atoms with Crippen LogP contribution in [-0.2, 0) is 16.1 Å². The van der Waals surface area contributed by atoms with Crippen molar-refractivity contribution in [3.63, 3.8) is 0 Å². The Morgan fingerprint density at radius 3 is 2.46 bits per heavy atom. The van der Waals surface area contributed by atoms with Gasteiger partial charge in [0.1, 0.15) is 0 Å². The van der Waals surface area contributed by atoms with Crippen molar-refractivity contribution in [2.75, 3.05) is 45.0 Å². The van der Waals surface area contributed by atoms with E-state index in [2.05, 4.69) is 10.2 Å². The summed E-state index contributed by atoms with van der Waals surface area (Å²) in [6, 6.07) is 8.62. The Morgan fingerprint density at radius 2 is 1.71 bits per heavy atom. The van der Waals surface area contributed by atoms with E-state index in [1.807, 2.05) is 0 Å². The normalized spacial score (nSPS) is 16.4. The molecular weight excluding hydrogens is 450 g/mol. The summed E-state index contributed by atoms with van der Waals surface area (Å²) in [5.74, 6) is 0.725. The Kier molecular flexibility index (Phi) is 5.31. The maximum atomic E-state index is 13.8. The minimum Gasteiger partial charge on any atom is -0.454 e. The van der Waals surface area contributed by atoms with E-state index in [9.17, 15) is 14.4 Å². The number of hydrogen-bond donors (Lipinski definition) is 1. The molecule has 0 unspecified atom stereocenters. The number of aromatic nitrogens is 1. The first kappa shape index (κ1) is 21.8. The quantitative estimate of drug-likeness (QED) is 0.474. The van der Waals surface area contributed by atoms with Gasteiger partial charge in [-0.1, -0.05) is 6.07 Å². The molecule has 1 amide bonds. The van der Waals surface area contributed by atoms with Crippen LogP contribution in [0, 0.1) is 0 Å². The molecule has 0 saturated carbocycles. The Hall–Kier alpha value is -3.69. The Balaban J connectivity index is 1.49. The molecule has 3 aromatic rings. The molecule has 2 aliphatic heterocycles. The van der Waals surface area contributed by atoms with E-state index in [0.717, 1.165) is 26.1 Å². The smallest absolute Gasteiger partial charge is 0.259 e. The fourth-order valence-electron chi connectivity index (χ4n) is 5.19. The lowest BCUT2D eigenvalue weighted by molar-refractivity contribution is -0.114. The molecule has 6 rings (SSSR count). The number of nitrogens with one attached hydrogen (secondary N) is 1. The topological polar surface area (TPSA) is 99.1 Å². The number of benzene rings is 2. The molecule has 35 heavy (non-hydrogen) atoms. The second-order valence-corrected chi connectivity index (χ2v) is 9.01. The van der Waals surface area contributed by atoms with Gasteiger partial charge in [-0.05, 0) is 30.7 Å². The molecule has 1 N–H and O–H groups in total. The van der Waals surface area contributed by atoms with Crippen molar-refractivity contribution in [2.24, 2.45) is 0 Å². The van der Waals surface area contributed by atoms with E-state index < -0.39 is 0 Å². The monoisotopic (exact) mass is 475 g/mol. The van der Waals surface area contributed by atoms with Crippen LogP contribution < -0.4 is 20.3 Å². The Bertz CT molecular complexity index is 1440. The highest BCUT2D eigenvalue weighted by atomic mass is 16.7. The third kappa shape index (κ3) is 3.67. The van der Waals surface area contributed by atoms with Crippen LogP contribution in [0.25, 0.3) is 22.0 Å². The molecule has 9 nitrogen and oxygen atoms in total. The molecule has 3 aliphatic rings. The van der Waals surface area contributed by atoms with Gasteiger partial charge in [0.25, 0.3) is 5.56 Å². The lowest BCUT2D eigenvalue weighted by Gasteiger charge is -2.26. The van der Waals surface area contributed by atoms with Gasteiger partial charge in [0.2, 0.25) is 12.7 Å². The number of amides is 1. The lowest BCUT2D eigenvalue weighted by atomic mass is 10.0. The van der Waals surface area contributed by atoms with Crippen molar-refractivity contribution in [2.45, 2.75) is 19.9 Å². The third-order valence-corrected chi connectivity index (χ3v) is 6.79. The molecule has 0 bridgehead atoms. The molecule has 3 heterocycles. The molecule has 1 aliphatic carbocycles. The number of anilines is 1. The molecule has 0 atom stereocenters. The van der Waals surface area contributed by atoms with Gasteiger partial charge in [0.05, 0.1) is 29.9 Å². The molecule has 180 valence electrons. The molecule has 1 aromatic heterocycles. The molecule has 1 saturated heterocycles. The number of ketones is 1. The molecule has 1 fully saturated rings. The molecule has 0 spiro atoms. The van der Waals surface area contributed by atoms with E-state index in [1.165, 1.54) is 6.92 Å². The fourth-order valence-corrected chi connectivity index (χ4v) is 5.19. The largest absolute Gasteiger partial charge is 0.454 e. The number of nitrogens with zero attached hydrogens (tertiary/aromatic N) is 2. The Labute approximate surface area is 201 Å². The van der Waals surface area contributed by atoms with Crippen molar-refractivity contribution in [3.8, 4) is 22.8 Å². The van der Waals surface area contributed by atoms with E-state index in [-0.39, 0.29) is 24.0 Å². The summed E-state index contributed by atoms with van der Waals surface area (Å²) in [5.41, 5.74) is 2.64. The van der Waals surface area contributed by atoms with Gasteiger partial charge in [-0.2, -0.15) is 0 Å². The maximum Gasteiger partial charge on any atom is 0.259 e. The summed E-state index contributed by atoms with van der Waals surface area (Å²) < 4.78 is 18.2. The van der Waals surface area contributed by atoms with Crippen LogP contribution in [0.3, 0.4) is 0 Å². The van der Waals surface area contributed by atoms with Gasteiger partial charge >= 0.3 is 0 Å². The number of ether oxygens (including phenoxy) is 3. The van der Waals surface area contributed by atoms with Gasteiger partial charge in [-0.15, -0.1) is 0 Å². The summed E-state index contributed by atoms with van der Waals surface area (Å²) in [4.78, 5) is 41.4. The second kappa shape index (κ2) is 8.51. The zero-order chi connectivity index (χ0) is 24.1. The van der Waals surface area contributed by atoms with E-state index in [0.29, 0.717) is 70.1 Å². The SMILES string of the molecule is CC(=O)Nc1ccc2c3c(n(CCCN4CCOCC4)c(=O)c2c1)-c1cc2c(cc1C3=O)OCO2. The van der Waals surface area contributed by atoms with Crippen LogP contribution in [0.15, 0.2) is 35.1 Å². The number of morpholine rings is 1. The first-order chi connectivity index (χ1) is 17.0. The number of hydrogen-bond acceptors (Lipinski definition) is 7. The number of carbonyl (C=O) groups excluding carboxylic acids is 2. The number of rotatable bonds is 5. The maximum absolute atomic E-state index is 13.8. The highest BCUT2D eigenvalue weighted by Crippen LogP contribution is 2.46. The van der Waals surface area contributed by atoms with Crippen LogP contribution in [0.4, 0.5) is 5.69 Å². The van der Waals surface area contributed by atoms with Crippen molar-refractivity contribution in [1.29, 1.82) is 0 Å². The average molecular weight is 476 g/mol. The number of fused-ring (bicyclic) bond motifs is 6. The van der Waals surface area contributed by atoms with E-state index in [1.54, 1.807) is 34.9 Å². The fraction of sp³-hybridized carbons (Fsp3) is 0.346. The van der Waals surface area contributed by atoms with Crippen LogP contribution in [0.1, 0.15) is 29.3 Å². The van der Waals surface area contributed by atoms with Crippen LogP contribution >= 0.6 is 0 Å². The molecule has 2 aromatic carbocycles. The zero-order valence-corrected chi connectivity index (χ0v) is 19.4. The average Bonchev–Trinajstić information content (AvgIpc) is 3.42. The summed E-state index contributed by atoms with van der Waals surface area (Å²) >= 11 is 0. The number of carbonyl (C=O) groups is 2. The summed E-state index contributed by atoms with van der Waals surface area (Å²) in [6.07, 6.45) is 0.747. The van der Waals surface area contributed by atoms with Crippen molar-refractivity contribution < 1.29 is 23.8 Å².